The lowest BCUT2D eigenvalue weighted by molar-refractivity contribution is 0.465. The number of sulfone groups is 1. The Kier molecular flexibility index (Phi) is 3.71. The Labute approximate surface area is 84.2 Å². The van der Waals surface area contributed by atoms with Crippen molar-refractivity contribution in [3.8, 4) is 0 Å². The lowest BCUT2D eigenvalue weighted by Crippen LogP contribution is -2.06. The molecule has 0 radical (unpaired) electrons. The van der Waals surface area contributed by atoms with Crippen LogP contribution in [0.3, 0.4) is 0 Å². The molecular formula is C9H15NO3S. The number of hydrogen-bond donors (Lipinski definition) is 1. The molecule has 5 heteroatoms. The summed E-state index contributed by atoms with van der Waals surface area (Å²) in [5, 5.41) is 2.93. The molecule has 1 aromatic heterocycles. The van der Waals surface area contributed by atoms with Crippen molar-refractivity contribution in [2.24, 2.45) is 0 Å². The predicted octanol–water partition coefficient (Wildman–Crippen LogP) is 0.934. The average molecular weight is 217 g/mol. The van der Waals surface area contributed by atoms with Gasteiger partial charge in [0.15, 0.2) is 9.84 Å². The fraction of sp³-hybridized carbons (Fsp3) is 0.556. The van der Waals surface area contributed by atoms with Gasteiger partial charge >= 0.3 is 0 Å². The summed E-state index contributed by atoms with van der Waals surface area (Å²) < 4.78 is 27.8. The molecule has 0 aliphatic carbocycles. The molecule has 0 saturated heterocycles. The molecule has 1 aromatic rings. The van der Waals surface area contributed by atoms with E-state index in [4.69, 9.17) is 4.42 Å². The van der Waals surface area contributed by atoms with Crippen molar-refractivity contribution in [2.75, 3.05) is 12.8 Å². The van der Waals surface area contributed by atoms with Crippen molar-refractivity contribution in [3.05, 3.63) is 23.7 Å². The summed E-state index contributed by atoms with van der Waals surface area (Å²) in [7, 11) is -1.18. The summed E-state index contributed by atoms with van der Waals surface area (Å²) in [6.07, 6.45) is 0. The number of hydrogen-bond acceptors (Lipinski definition) is 4. The van der Waals surface area contributed by atoms with Crippen LogP contribution in [0.25, 0.3) is 0 Å². The highest BCUT2D eigenvalue weighted by Crippen LogP contribution is 2.11. The third kappa shape index (κ3) is 3.16. The lowest BCUT2D eigenvalue weighted by Gasteiger charge is -1.97. The van der Waals surface area contributed by atoms with Crippen LogP contribution in [-0.2, 0) is 22.1 Å². The normalized spacial score (nSPS) is 11.9. The molecule has 0 aliphatic heterocycles. The van der Waals surface area contributed by atoms with E-state index in [1.807, 2.05) is 7.05 Å². The Morgan fingerprint density at radius 3 is 2.57 bits per heavy atom. The molecule has 1 N–H and O–H groups in total. The third-order valence-electron chi connectivity index (χ3n) is 1.87. The Morgan fingerprint density at radius 1 is 1.36 bits per heavy atom. The average Bonchev–Trinajstić information content (AvgIpc) is 2.53. The van der Waals surface area contributed by atoms with E-state index < -0.39 is 9.84 Å². The van der Waals surface area contributed by atoms with E-state index in [2.05, 4.69) is 5.32 Å². The van der Waals surface area contributed by atoms with Gasteiger partial charge < -0.3 is 9.73 Å². The van der Waals surface area contributed by atoms with Gasteiger partial charge in [0, 0.05) is 5.75 Å². The first kappa shape index (κ1) is 11.3. The van der Waals surface area contributed by atoms with Gasteiger partial charge in [0.05, 0.1) is 6.54 Å². The molecule has 0 aromatic carbocycles. The fourth-order valence-electron chi connectivity index (χ4n) is 1.09. The SMILES string of the molecule is CCS(=O)(=O)Cc1ccc(CNC)o1. The molecule has 0 unspecified atom stereocenters. The van der Waals surface area contributed by atoms with Crippen LogP contribution in [0.2, 0.25) is 0 Å². The summed E-state index contributed by atoms with van der Waals surface area (Å²) in [5.41, 5.74) is 0. The molecule has 0 fully saturated rings. The minimum absolute atomic E-state index is 0.00673. The lowest BCUT2D eigenvalue weighted by atomic mass is 10.4. The van der Waals surface area contributed by atoms with Gasteiger partial charge in [-0.15, -0.1) is 0 Å². The van der Waals surface area contributed by atoms with Gasteiger partial charge in [-0.2, -0.15) is 0 Å². The zero-order valence-electron chi connectivity index (χ0n) is 8.41. The smallest absolute Gasteiger partial charge is 0.157 e. The molecular weight excluding hydrogens is 202 g/mol. The van der Waals surface area contributed by atoms with Crippen LogP contribution in [0.5, 0.6) is 0 Å². The van der Waals surface area contributed by atoms with Gasteiger partial charge in [-0.3, -0.25) is 0 Å². The van der Waals surface area contributed by atoms with Crippen LogP contribution in [-0.4, -0.2) is 21.2 Å². The van der Waals surface area contributed by atoms with Gasteiger partial charge in [-0.05, 0) is 19.2 Å². The maximum atomic E-state index is 11.3. The summed E-state index contributed by atoms with van der Waals surface area (Å²) >= 11 is 0. The number of furan rings is 1. The molecule has 0 aliphatic rings. The van der Waals surface area contributed by atoms with Crippen molar-refractivity contribution in [1.29, 1.82) is 0 Å². The van der Waals surface area contributed by atoms with E-state index in [1.165, 1.54) is 0 Å². The number of nitrogens with one attached hydrogen (secondary N) is 1. The first-order chi connectivity index (χ1) is 6.57. The van der Waals surface area contributed by atoms with E-state index in [0.29, 0.717) is 12.3 Å². The second-order valence-electron chi connectivity index (χ2n) is 3.07. The fourth-order valence-corrected chi connectivity index (χ4v) is 1.88. The molecule has 0 amide bonds. The Balaban J connectivity index is 2.69. The molecule has 1 rings (SSSR count). The molecule has 0 spiro atoms. The van der Waals surface area contributed by atoms with Crippen LogP contribution >= 0.6 is 0 Å². The van der Waals surface area contributed by atoms with Crippen molar-refractivity contribution in [2.45, 2.75) is 19.2 Å². The van der Waals surface area contributed by atoms with Gasteiger partial charge in [0.2, 0.25) is 0 Å². The third-order valence-corrected chi connectivity index (χ3v) is 3.47. The zero-order valence-corrected chi connectivity index (χ0v) is 9.23. The minimum atomic E-state index is -2.99. The van der Waals surface area contributed by atoms with Gasteiger partial charge in [0.1, 0.15) is 17.3 Å². The Bertz CT molecular complexity index is 381. The molecule has 80 valence electrons. The second kappa shape index (κ2) is 4.61. The Hall–Kier alpha value is -0.810. The molecule has 0 atom stereocenters. The molecule has 0 bridgehead atoms. The minimum Gasteiger partial charge on any atom is -0.464 e. The highest BCUT2D eigenvalue weighted by atomic mass is 32.2. The first-order valence-corrected chi connectivity index (χ1v) is 6.32. The monoisotopic (exact) mass is 217 g/mol. The van der Waals surface area contributed by atoms with Crippen LogP contribution in [0.4, 0.5) is 0 Å². The zero-order chi connectivity index (χ0) is 10.6. The van der Waals surface area contributed by atoms with E-state index in [-0.39, 0.29) is 11.5 Å². The highest BCUT2D eigenvalue weighted by molar-refractivity contribution is 7.90. The van der Waals surface area contributed by atoms with Crippen molar-refractivity contribution in [3.63, 3.8) is 0 Å². The summed E-state index contributed by atoms with van der Waals surface area (Å²) in [5.74, 6) is 1.41. The number of rotatable bonds is 5. The van der Waals surface area contributed by atoms with E-state index in [9.17, 15) is 8.42 Å². The van der Waals surface area contributed by atoms with E-state index in [0.717, 1.165) is 5.76 Å². The van der Waals surface area contributed by atoms with Crippen LogP contribution in [0, 0.1) is 0 Å². The highest BCUT2D eigenvalue weighted by Gasteiger charge is 2.11. The van der Waals surface area contributed by atoms with E-state index >= 15 is 0 Å². The molecule has 14 heavy (non-hydrogen) atoms. The molecule has 0 saturated carbocycles. The summed E-state index contributed by atoms with van der Waals surface area (Å²) in [6, 6.07) is 3.50. The molecule has 4 nitrogen and oxygen atoms in total. The van der Waals surface area contributed by atoms with Crippen molar-refractivity contribution in [1.82, 2.24) is 5.32 Å². The standard InChI is InChI=1S/C9H15NO3S/c1-3-14(11,12)7-9-5-4-8(13-9)6-10-2/h4-5,10H,3,6-7H2,1-2H3. The summed E-state index contributed by atoms with van der Waals surface area (Å²) in [4.78, 5) is 0. The van der Waals surface area contributed by atoms with Crippen LogP contribution < -0.4 is 5.32 Å². The van der Waals surface area contributed by atoms with Gasteiger partial charge in [-0.1, -0.05) is 6.92 Å². The second-order valence-corrected chi connectivity index (χ2v) is 5.43. The largest absolute Gasteiger partial charge is 0.464 e. The van der Waals surface area contributed by atoms with Crippen molar-refractivity contribution < 1.29 is 12.8 Å². The first-order valence-electron chi connectivity index (χ1n) is 4.50. The Morgan fingerprint density at radius 2 is 2.00 bits per heavy atom. The summed E-state index contributed by atoms with van der Waals surface area (Å²) in [6.45, 7) is 2.25. The maximum Gasteiger partial charge on any atom is 0.157 e. The van der Waals surface area contributed by atoms with Gasteiger partial charge in [0.25, 0.3) is 0 Å². The van der Waals surface area contributed by atoms with Crippen LogP contribution in [0.15, 0.2) is 16.5 Å². The van der Waals surface area contributed by atoms with Crippen LogP contribution in [0.1, 0.15) is 18.4 Å². The predicted molar refractivity (Wildman–Crippen MR) is 54.6 cm³/mol. The van der Waals surface area contributed by atoms with Crippen molar-refractivity contribution >= 4 is 9.84 Å². The quantitative estimate of drug-likeness (QED) is 0.797. The maximum absolute atomic E-state index is 11.3. The topological polar surface area (TPSA) is 59.3 Å². The van der Waals surface area contributed by atoms with E-state index in [1.54, 1.807) is 19.1 Å². The molecule has 1 heterocycles. The van der Waals surface area contributed by atoms with Gasteiger partial charge in [-0.25, -0.2) is 8.42 Å².